The summed E-state index contributed by atoms with van der Waals surface area (Å²) < 4.78 is 5.42. The van der Waals surface area contributed by atoms with Crippen LogP contribution in [0.25, 0.3) is 22.0 Å². The van der Waals surface area contributed by atoms with Gasteiger partial charge in [-0.05, 0) is 78.2 Å². The fourth-order valence-corrected chi connectivity index (χ4v) is 4.07. The van der Waals surface area contributed by atoms with E-state index in [1.807, 2.05) is 37.3 Å². The number of pyridine rings is 1. The number of nitrogens with one attached hydrogen (secondary N) is 2. The Morgan fingerprint density at radius 2 is 1.68 bits per heavy atom. The number of carbonyl (C=O) groups excluding carboxylic acids is 2. The van der Waals surface area contributed by atoms with Crippen LogP contribution in [-0.4, -0.2) is 33.9 Å². The SMILES string of the molecule is COc1ccc(C(=O)Nc2cccnc2)cc1NC(=O)c1ccc(C)c(-c2ccc3nc(N)ncc3c2)c1. The van der Waals surface area contributed by atoms with Crippen LogP contribution in [0.2, 0.25) is 0 Å². The number of nitrogens with zero attached hydrogens (tertiary/aromatic N) is 3. The van der Waals surface area contributed by atoms with Gasteiger partial charge in [0.2, 0.25) is 5.95 Å². The molecular weight excluding hydrogens is 480 g/mol. The maximum atomic E-state index is 13.3. The molecule has 0 aliphatic rings. The number of aryl methyl sites for hydroxylation is 1. The molecule has 0 aliphatic heterocycles. The van der Waals surface area contributed by atoms with E-state index in [9.17, 15) is 9.59 Å². The number of ether oxygens (including phenoxy) is 1. The maximum Gasteiger partial charge on any atom is 0.255 e. The van der Waals surface area contributed by atoms with E-state index in [4.69, 9.17) is 10.5 Å². The molecule has 5 aromatic rings. The minimum atomic E-state index is -0.341. The molecule has 2 heterocycles. The van der Waals surface area contributed by atoms with Gasteiger partial charge in [0.05, 0.1) is 30.2 Å². The summed E-state index contributed by atoms with van der Waals surface area (Å²) in [5.74, 6) is -0.0337. The number of fused-ring (bicyclic) bond motifs is 1. The van der Waals surface area contributed by atoms with Crippen LogP contribution in [0.15, 0.2) is 85.3 Å². The first-order valence-electron chi connectivity index (χ1n) is 11.8. The van der Waals surface area contributed by atoms with E-state index < -0.39 is 0 Å². The lowest BCUT2D eigenvalue weighted by molar-refractivity contribution is 0.101. The fraction of sp³-hybridized carbons (Fsp3) is 0.0690. The van der Waals surface area contributed by atoms with Crippen molar-refractivity contribution in [1.29, 1.82) is 0 Å². The molecule has 2 aromatic heterocycles. The molecule has 0 saturated heterocycles. The number of benzene rings is 3. The second-order valence-electron chi connectivity index (χ2n) is 8.60. The van der Waals surface area contributed by atoms with Crippen LogP contribution in [-0.2, 0) is 0 Å². The third-order valence-electron chi connectivity index (χ3n) is 6.04. The summed E-state index contributed by atoms with van der Waals surface area (Å²) in [6.07, 6.45) is 4.85. The van der Waals surface area contributed by atoms with Crippen molar-refractivity contribution in [3.8, 4) is 16.9 Å². The summed E-state index contributed by atoms with van der Waals surface area (Å²) in [7, 11) is 1.50. The fourth-order valence-electron chi connectivity index (χ4n) is 4.07. The molecule has 9 heteroatoms. The number of anilines is 3. The Kier molecular flexibility index (Phi) is 6.65. The zero-order valence-corrected chi connectivity index (χ0v) is 20.7. The number of hydrogen-bond donors (Lipinski definition) is 3. The summed E-state index contributed by atoms with van der Waals surface area (Å²) in [5, 5.41) is 6.51. The second-order valence-corrected chi connectivity index (χ2v) is 8.60. The number of carbonyl (C=O) groups is 2. The predicted molar refractivity (Wildman–Crippen MR) is 147 cm³/mol. The van der Waals surface area contributed by atoms with Gasteiger partial charge in [-0.25, -0.2) is 9.97 Å². The second kappa shape index (κ2) is 10.4. The van der Waals surface area contributed by atoms with Gasteiger partial charge in [-0.15, -0.1) is 0 Å². The lowest BCUT2D eigenvalue weighted by Crippen LogP contribution is -2.15. The van der Waals surface area contributed by atoms with E-state index in [1.54, 1.807) is 55.0 Å². The Balaban J connectivity index is 1.41. The quantitative estimate of drug-likeness (QED) is 0.293. The number of methoxy groups -OCH3 is 1. The first-order valence-corrected chi connectivity index (χ1v) is 11.8. The third-order valence-corrected chi connectivity index (χ3v) is 6.04. The molecule has 9 nitrogen and oxygen atoms in total. The monoisotopic (exact) mass is 504 g/mol. The summed E-state index contributed by atoms with van der Waals surface area (Å²) in [4.78, 5) is 38.4. The highest BCUT2D eigenvalue weighted by atomic mass is 16.5. The van der Waals surface area contributed by atoms with Crippen LogP contribution in [0.3, 0.4) is 0 Å². The smallest absolute Gasteiger partial charge is 0.255 e. The lowest BCUT2D eigenvalue weighted by atomic mass is 9.97. The molecule has 0 spiro atoms. The lowest BCUT2D eigenvalue weighted by Gasteiger charge is -2.14. The van der Waals surface area contributed by atoms with Crippen LogP contribution < -0.4 is 21.1 Å². The van der Waals surface area contributed by atoms with Gasteiger partial charge in [-0.2, -0.15) is 0 Å². The average molecular weight is 505 g/mol. The molecule has 0 atom stereocenters. The number of rotatable bonds is 6. The van der Waals surface area contributed by atoms with E-state index in [2.05, 4.69) is 25.6 Å². The largest absolute Gasteiger partial charge is 0.495 e. The molecule has 2 amide bonds. The van der Waals surface area contributed by atoms with E-state index in [0.29, 0.717) is 28.3 Å². The molecule has 38 heavy (non-hydrogen) atoms. The number of hydrogen-bond acceptors (Lipinski definition) is 7. The molecule has 0 radical (unpaired) electrons. The van der Waals surface area contributed by atoms with Gasteiger partial charge >= 0.3 is 0 Å². The molecule has 0 aliphatic carbocycles. The standard InChI is InChI=1S/C29H24N6O3/c1-17-5-6-19(13-23(17)18-7-9-24-21(12-18)15-32-29(30)35-24)28(37)34-25-14-20(8-10-26(25)38-2)27(36)33-22-4-3-11-31-16-22/h3-16H,1-2H3,(H,33,36)(H,34,37)(H2,30,32,35). The van der Waals surface area contributed by atoms with Gasteiger partial charge in [0, 0.05) is 28.9 Å². The molecular formula is C29H24N6O3. The number of aromatic nitrogens is 3. The minimum Gasteiger partial charge on any atom is -0.495 e. The van der Waals surface area contributed by atoms with Gasteiger partial charge in [-0.1, -0.05) is 12.1 Å². The van der Waals surface area contributed by atoms with Crippen molar-refractivity contribution in [2.75, 3.05) is 23.5 Å². The van der Waals surface area contributed by atoms with Crippen LogP contribution in [0.1, 0.15) is 26.3 Å². The number of amides is 2. The van der Waals surface area contributed by atoms with Gasteiger partial charge in [-0.3, -0.25) is 14.6 Å². The maximum absolute atomic E-state index is 13.3. The highest BCUT2D eigenvalue weighted by molar-refractivity contribution is 6.08. The third kappa shape index (κ3) is 5.12. The van der Waals surface area contributed by atoms with Crippen molar-refractivity contribution >= 4 is 40.0 Å². The predicted octanol–water partition coefficient (Wildman–Crippen LogP) is 5.10. The van der Waals surface area contributed by atoms with E-state index >= 15 is 0 Å². The number of nitrogen functional groups attached to an aromatic ring is 1. The summed E-state index contributed by atoms with van der Waals surface area (Å²) in [6, 6.07) is 19.6. The zero-order valence-electron chi connectivity index (χ0n) is 20.7. The minimum absolute atomic E-state index is 0.217. The molecule has 0 saturated carbocycles. The van der Waals surface area contributed by atoms with E-state index in [-0.39, 0.29) is 17.8 Å². The molecule has 5 rings (SSSR count). The topological polar surface area (TPSA) is 132 Å². The van der Waals surface area contributed by atoms with Crippen molar-refractivity contribution in [2.24, 2.45) is 0 Å². The molecule has 0 fully saturated rings. The molecule has 0 bridgehead atoms. The molecule has 188 valence electrons. The van der Waals surface area contributed by atoms with Crippen molar-refractivity contribution in [3.05, 3.63) is 102 Å². The molecule has 4 N–H and O–H groups in total. The van der Waals surface area contributed by atoms with Crippen molar-refractivity contribution in [2.45, 2.75) is 6.92 Å². The van der Waals surface area contributed by atoms with Crippen LogP contribution in [0.5, 0.6) is 5.75 Å². The van der Waals surface area contributed by atoms with Gasteiger partial charge < -0.3 is 21.1 Å². The van der Waals surface area contributed by atoms with Crippen molar-refractivity contribution in [3.63, 3.8) is 0 Å². The van der Waals surface area contributed by atoms with E-state index in [1.165, 1.54) is 7.11 Å². The Morgan fingerprint density at radius 3 is 2.47 bits per heavy atom. The highest BCUT2D eigenvalue weighted by Crippen LogP contribution is 2.30. The average Bonchev–Trinajstić information content (AvgIpc) is 2.93. The Labute approximate surface area is 218 Å². The zero-order chi connectivity index (χ0) is 26.6. The van der Waals surface area contributed by atoms with Gasteiger partial charge in [0.1, 0.15) is 5.75 Å². The van der Waals surface area contributed by atoms with E-state index in [0.717, 1.165) is 27.6 Å². The summed E-state index contributed by atoms with van der Waals surface area (Å²) >= 11 is 0. The summed E-state index contributed by atoms with van der Waals surface area (Å²) in [5.41, 5.74) is 11.0. The van der Waals surface area contributed by atoms with Gasteiger partial charge in [0.25, 0.3) is 11.8 Å². The molecule has 0 unspecified atom stereocenters. The first kappa shape index (κ1) is 24.4. The Bertz CT molecular complexity index is 1670. The van der Waals surface area contributed by atoms with Crippen LogP contribution >= 0.6 is 0 Å². The number of nitrogens with two attached hydrogens (primary N) is 1. The highest BCUT2D eigenvalue weighted by Gasteiger charge is 2.16. The van der Waals surface area contributed by atoms with Crippen molar-refractivity contribution in [1.82, 2.24) is 15.0 Å². The normalized spacial score (nSPS) is 10.7. The van der Waals surface area contributed by atoms with Crippen molar-refractivity contribution < 1.29 is 14.3 Å². The van der Waals surface area contributed by atoms with Gasteiger partial charge in [0.15, 0.2) is 0 Å². The molecule has 3 aromatic carbocycles. The summed E-state index contributed by atoms with van der Waals surface area (Å²) in [6.45, 7) is 1.98. The van der Waals surface area contributed by atoms with Crippen LogP contribution in [0, 0.1) is 6.92 Å². The van der Waals surface area contributed by atoms with Crippen LogP contribution in [0.4, 0.5) is 17.3 Å². The Morgan fingerprint density at radius 1 is 0.895 bits per heavy atom. The Hall–Kier alpha value is -5.31. The first-order chi connectivity index (χ1) is 18.4.